The Kier molecular flexibility index (Phi) is 2.02. The molecule has 3 nitrogen and oxygen atoms in total. The minimum absolute atomic E-state index is 0.144. The number of amides is 1. The van der Waals surface area contributed by atoms with Crippen molar-refractivity contribution in [2.75, 3.05) is 0 Å². The highest BCUT2D eigenvalue weighted by molar-refractivity contribution is 9.11. The lowest BCUT2D eigenvalue weighted by Crippen LogP contribution is -2.25. The Hall–Kier alpha value is -0.160. The van der Waals surface area contributed by atoms with Gasteiger partial charge in [0.25, 0.3) is 0 Å². The number of hydrogen-bond acceptors (Lipinski definition) is 2. The second-order valence-electron chi connectivity index (χ2n) is 1.40. The third-order valence-corrected chi connectivity index (χ3v) is 2.67. The predicted molar refractivity (Wildman–Crippen MR) is 39.3 cm³/mol. The average Bonchev–Trinajstić information content (AvgIpc) is 2.13. The molecule has 1 heterocycles. The van der Waals surface area contributed by atoms with Gasteiger partial charge in [-0.1, -0.05) is 27.7 Å². The highest BCUT2D eigenvalue weighted by Gasteiger charge is 2.21. The van der Waals surface area contributed by atoms with E-state index in [4.69, 9.17) is 5.11 Å². The van der Waals surface area contributed by atoms with Crippen molar-refractivity contribution in [3.8, 4) is 0 Å². The lowest BCUT2D eigenvalue weighted by molar-refractivity contribution is 0.168. The molecule has 0 aromatic carbocycles. The van der Waals surface area contributed by atoms with Crippen LogP contribution >= 0.6 is 27.7 Å². The number of rotatable bonds is 0. The van der Waals surface area contributed by atoms with E-state index in [1.165, 1.54) is 22.9 Å². The van der Waals surface area contributed by atoms with Crippen LogP contribution in [-0.2, 0) is 0 Å². The summed E-state index contributed by atoms with van der Waals surface area (Å²) >= 11 is 4.57. The van der Waals surface area contributed by atoms with Crippen molar-refractivity contribution < 1.29 is 9.90 Å². The molecule has 0 aromatic heterocycles. The smallest absolute Gasteiger partial charge is 0.413 e. The van der Waals surface area contributed by atoms with Gasteiger partial charge in [-0.05, 0) is 5.41 Å². The minimum atomic E-state index is -0.932. The van der Waals surface area contributed by atoms with Gasteiger partial charge >= 0.3 is 6.09 Å². The molecule has 0 spiro atoms. The van der Waals surface area contributed by atoms with Gasteiger partial charge in [0.15, 0.2) is 0 Å². The van der Waals surface area contributed by atoms with Crippen LogP contribution < -0.4 is 0 Å². The molecular weight excluding hydrogens is 206 g/mol. The Bertz CT molecular complexity index is 161. The first-order valence-electron chi connectivity index (χ1n) is 2.19. The molecule has 0 fully saturated rings. The molecule has 1 unspecified atom stereocenters. The maximum atomic E-state index is 10.2. The molecule has 1 N–H and O–H groups in total. The van der Waals surface area contributed by atoms with Gasteiger partial charge < -0.3 is 5.11 Å². The van der Waals surface area contributed by atoms with E-state index in [2.05, 4.69) is 15.9 Å². The van der Waals surface area contributed by atoms with E-state index in [1.807, 2.05) is 0 Å². The molecule has 5 heteroatoms. The molecule has 0 bridgehead atoms. The van der Waals surface area contributed by atoms with Gasteiger partial charge in [-0.2, -0.15) is 0 Å². The zero-order valence-electron chi connectivity index (χ0n) is 4.32. The Morgan fingerprint density at radius 1 is 1.89 bits per heavy atom. The fourth-order valence-corrected chi connectivity index (χ4v) is 1.76. The van der Waals surface area contributed by atoms with Gasteiger partial charge in [-0.3, -0.25) is 4.90 Å². The number of nitrogens with zero attached hydrogens (tertiary/aromatic N) is 1. The summed E-state index contributed by atoms with van der Waals surface area (Å²) in [5.41, 5.74) is 0. The summed E-state index contributed by atoms with van der Waals surface area (Å²) in [6.45, 7) is 0. The standard InChI is InChI=1S/C4H4BrNO2S/c5-3-6(4(7)8)1-2-9-3/h1-3H,(H,7,8). The Balaban J connectivity index is 2.59. The second-order valence-corrected chi connectivity index (χ2v) is 3.87. The average molecular weight is 210 g/mol. The monoisotopic (exact) mass is 209 g/mol. The molecule has 9 heavy (non-hydrogen) atoms. The number of hydrogen-bond donors (Lipinski definition) is 1. The normalized spacial score (nSPS) is 25.0. The van der Waals surface area contributed by atoms with E-state index < -0.39 is 6.09 Å². The van der Waals surface area contributed by atoms with Gasteiger partial charge in [0.05, 0.1) is 0 Å². The molecule has 0 saturated carbocycles. The predicted octanol–water partition coefficient (Wildman–Crippen LogP) is 1.86. The summed E-state index contributed by atoms with van der Waals surface area (Å²) in [6, 6.07) is 0. The SMILES string of the molecule is O=C(O)N1C=CSC1Br. The maximum absolute atomic E-state index is 10.2. The Labute approximate surface area is 64.8 Å². The molecule has 50 valence electrons. The fraction of sp³-hybridized carbons (Fsp3) is 0.250. The van der Waals surface area contributed by atoms with E-state index in [9.17, 15) is 4.79 Å². The third-order valence-electron chi connectivity index (χ3n) is 0.852. The Morgan fingerprint density at radius 3 is 2.78 bits per heavy atom. The first-order valence-corrected chi connectivity index (χ1v) is 4.05. The summed E-state index contributed by atoms with van der Waals surface area (Å²) in [5.74, 6) is 0. The molecule has 1 rings (SSSR count). The van der Waals surface area contributed by atoms with Crippen LogP contribution in [-0.4, -0.2) is 20.4 Å². The molecule has 1 aliphatic rings. The van der Waals surface area contributed by atoms with Crippen molar-refractivity contribution in [3.05, 3.63) is 11.6 Å². The van der Waals surface area contributed by atoms with E-state index >= 15 is 0 Å². The van der Waals surface area contributed by atoms with Gasteiger partial charge in [0.1, 0.15) is 4.28 Å². The fourth-order valence-electron chi connectivity index (χ4n) is 0.449. The molecule has 0 radical (unpaired) electrons. The van der Waals surface area contributed by atoms with Crippen molar-refractivity contribution >= 4 is 33.8 Å². The quantitative estimate of drug-likeness (QED) is 0.490. The first-order chi connectivity index (χ1) is 4.22. The number of alkyl halides is 1. The van der Waals surface area contributed by atoms with Crippen LogP contribution in [0.5, 0.6) is 0 Å². The van der Waals surface area contributed by atoms with Gasteiger partial charge in [0.2, 0.25) is 0 Å². The molecule has 1 amide bonds. The van der Waals surface area contributed by atoms with Crippen LogP contribution in [0.4, 0.5) is 4.79 Å². The maximum Gasteiger partial charge on any atom is 0.413 e. The number of carboxylic acid groups (broad SMARTS) is 1. The van der Waals surface area contributed by atoms with Gasteiger partial charge in [-0.15, -0.1) is 0 Å². The van der Waals surface area contributed by atoms with Crippen molar-refractivity contribution in [1.29, 1.82) is 0 Å². The summed E-state index contributed by atoms with van der Waals surface area (Å²) in [6.07, 6.45) is 0.588. The van der Waals surface area contributed by atoms with Crippen molar-refractivity contribution in [2.24, 2.45) is 0 Å². The van der Waals surface area contributed by atoms with Crippen LogP contribution in [0, 0.1) is 0 Å². The largest absolute Gasteiger partial charge is 0.465 e. The van der Waals surface area contributed by atoms with Crippen LogP contribution in [0.1, 0.15) is 0 Å². The Morgan fingerprint density at radius 2 is 2.56 bits per heavy atom. The first kappa shape index (κ1) is 6.95. The highest BCUT2D eigenvalue weighted by Crippen LogP contribution is 2.29. The number of halogens is 1. The summed E-state index contributed by atoms with van der Waals surface area (Å²) in [4.78, 5) is 11.4. The van der Waals surface area contributed by atoms with Crippen LogP contribution in [0.3, 0.4) is 0 Å². The number of carbonyl (C=O) groups is 1. The molecule has 0 saturated heterocycles. The van der Waals surface area contributed by atoms with E-state index in [0.717, 1.165) is 0 Å². The lowest BCUT2D eigenvalue weighted by atomic mass is 10.8. The number of thioether (sulfide) groups is 1. The molecule has 0 aliphatic carbocycles. The summed E-state index contributed by atoms with van der Waals surface area (Å²) in [7, 11) is 0. The van der Waals surface area contributed by atoms with E-state index in [1.54, 1.807) is 5.41 Å². The molecule has 1 atom stereocenters. The minimum Gasteiger partial charge on any atom is -0.465 e. The summed E-state index contributed by atoms with van der Waals surface area (Å²) < 4.78 is -0.144. The van der Waals surface area contributed by atoms with Gasteiger partial charge in [0, 0.05) is 6.20 Å². The van der Waals surface area contributed by atoms with E-state index in [-0.39, 0.29) is 4.28 Å². The van der Waals surface area contributed by atoms with Crippen LogP contribution in [0.15, 0.2) is 11.6 Å². The van der Waals surface area contributed by atoms with Crippen LogP contribution in [0.2, 0.25) is 0 Å². The van der Waals surface area contributed by atoms with Gasteiger partial charge in [-0.25, -0.2) is 4.79 Å². The van der Waals surface area contributed by atoms with Crippen molar-refractivity contribution in [3.63, 3.8) is 0 Å². The second kappa shape index (κ2) is 2.62. The molecule has 1 aliphatic heterocycles. The van der Waals surface area contributed by atoms with E-state index in [0.29, 0.717) is 0 Å². The van der Waals surface area contributed by atoms with Crippen LogP contribution in [0.25, 0.3) is 0 Å². The zero-order chi connectivity index (χ0) is 6.85. The molecule has 0 aromatic rings. The highest BCUT2D eigenvalue weighted by atomic mass is 79.9. The third kappa shape index (κ3) is 1.40. The topological polar surface area (TPSA) is 40.5 Å². The van der Waals surface area contributed by atoms with Crippen molar-refractivity contribution in [2.45, 2.75) is 4.28 Å². The molecular formula is C4H4BrNO2S. The zero-order valence-corrected chi connectivity index (χ0v) is 6.72. The summed E-state index contributed by atoms with van der Waals surface area (Å²) in [5, 5.41) is 10.1. The lowest BCUT2D eigenvalue weighted by Gasteiger charge is -2.11. The van der Waals surface area contributed by atoms with Crippen molar-refractivity contribution in [1.82, 2.24) is 4.90 Å².